The third-order valence-corrected chi connectivity index (χ3v) is 1.78. The molecule has 1 rings (SSSR count). The van der Waals surface area contributed by atoms with Crippen LogP contribution >= 0.6 is 7.82 Å². The highest BCUT2D eigenvalue weighted by atomic mass is 31.2. The summed E-state index contributed by atoms with van der Waals surface area (Å²) in [6, 6.07) is 6.89. The zero-order chi connectivity index (χ0) is 10.6. The van der Waals surface area contributed by atoms with Gasteiger partial charge in [0.1, 0.15) is 0 Å². The van der Waals surface area contributed by atoms with E-state index < -0.39 is 7.82 Å². The monoisotopic (exact) mass is 218 g/mol. The van der Waals surface area contributed by atoms with E-state index in [0.29, 0.717) is 5.69 Å². The highest BCUT2D eigenvalue weighted by molar-refractivity contribution is 7.46. The SMILES string of the molecule is Nc1cccc(CNOP(=O)(O)O)c1. The van der Waals surface area contributed by atoms with Gasteiger partial charge in [0.2, 0.25) is 0 Å². The van der Waals surface area contributed by atoms with Crippen molar-refractivity contribution in [2.45, 2.75) is 6.54 Å². The van der Waals surface area contributed by atoms with Crippen LogP contribution in [0.25, 0.3) is 0 Å². The minimum atomic E-state index is -4.46. The molecule has 0 aliphatic rings. The first-order valence-corrected chi connectivity index (χ1v) is 5.32. The van der Waals surface area contributed by atoms with Crippen molar-refractivity contribution < 1.29 is 19.0 Å². The molecule has 5 N–H and O–H groups in total. The van der Waals surface area contributed by atoms with Crippen LogP contribution in [0.3, 0.4) is 0 Å². The molecule has 0 fully saturated rings. The number of phosphoric acid groups is 1. The average Bonchev–Trinajstić information content (AvgIpc) is 2.01. The summed E-state index contributed by atoms with van der Waals surface area (Å²) in [6.07, 6.45) is 0. The highest BCUT2D eigenvalue weighted by Gasteiger charge is 2.13. The summed E-state index contributed by atoms with van der Waals surface area (Å²) in [5.74, 6) is 0. The Morgan fingerprint density at radius 2 is 2.21 bits per heavy atom. The number of benzene rings is 1. The average molecular weight is 218 g/mol. The Labute approximate surface area is 80.9 Å². The molecule has 0 radical (unpaired) electrons. The molecule has 0 saturated heterocycles. The molecule has 1 aromatic rings. The van der Waals surface area contributed by atoms with E-state index in [9.17, 15) is 4.57 Å². The van der Waals surface area contributed by atoms with Gasteiger partial charge in [-0.3, -0.25) is 0 Å². The topological polar surface area (TPSA) is 105 Å². The molecule has 0 saturated carbocycles. The minimum absolute atomic E-state index is 0.177. The second kappa shape index (κ2) is 4.54. The fourth-order valence-corrected chi connectivity index (χ4v) is 1.14. The number of hydroxylamine groups is 1. The molecule has 0 bridgehead atoms. The van der Waals surface area contributed by atoms with E-state index in [-0.39, 0.29) is 6.54 Å². The van der Waals surface area contributed by atoms with Crippen LogP contribution in [0.1, 0.15) is 5.56 Å². The second-order valence-corrected chi connectivity index (χ2v) is 3.81. The highest BCUT2D eigenvalue weighted by Crippen LogP contribution is 2.33. The summed E-state index contributed by atoms with van der Waals surface area (Å²) in [5.41, 5.74) is 9.00. The van der Waals surface area contributed by atoms with Crippen LogP contribution in [0, 0.1) is 0 Å². The minimum Gasteiger partial charge on any atom is -0.399 e. The van der Waals surface area contributed by atoms with Gasteiger partial charge in [0, 0.05) is 12.2 Å². The molecule has 7 heteroatoms. The zero-order valence-electron chi connectivity index (χ0n) is 7.25. The fraction of sp³-hybridized carbons (Fsp3) is 0.143. The number of rotatable bonds is 4. The Balaban J connectivity index is 2.43. The number of nitrogens with two attached hydrogens (primary N) is 1. The summed E-state index contributed by atoms with van der Waals surface area (Å²) in [4.78, 5) is 16.7. The number of nitrogens with one attached hydrogen (secondary N) is 1. The smallest absolute Gasteiger partial charge is 0.399 e. The van der Waals surface area contributed by atoms with Gasteiger partial charge in [0.15, 0.2) is 0 Å². The predicted octanol–water partition coefficient (Wildman–Crippen LogP) is 0.383. The molecule has 78 valence electrons. The molecule has 0 aromatic heterocycles. The van der Waals surface area contributed by atoms with E-state index in [2.05, 4.69) is 10.1 Å². The number of anilines is 1. The van der Waals surface area contributed by atoms with Gasteiger partial charge in [-0.1, -0.05) is 12.1 Å². The van der Waals surface area contributed by atoms with Crippen LogP contribution in [-0.4, -0.2) is 9.79 Å². The van der Waals surface area contributed by atoms with E-state index in [1.807, 2.05) is 0 Å². The standard InChI is InChI=1S/C7H11N2O4P/c8-7-3-1-2-6(4-7)5-9-13-14(10,11)12/h1-4,9H,5,8H2,(H2,10,11,12). The van der Waals surface area contributed by atoms with Crippen molar-refractivity contribution in [2.24, 2.45) is 0 Å². The van der Waals surface area contributed by atoms with Crippen LogP contribution in [0.2, 0.25) is 0 Å². The van der Waals surface area contributed by atoms with Gasteiger partial charge in [0.25, 0.3) is 0 Å². The lowest BCUT2D eigenvalue weighted by Crippen LogP contribution is -2.12. The maximum absolute atomic E-state index is 10.3. The maximum atomic E-state index is 10.3. The second-order valence-electron chi connectivity index (χ2n) is 2.65. The maximum Gasteiger partial charge on any atom is 0.486 e. The first-order valence-electron chi connectivity index (χ1n) is 3.79. The molecule has 0 unspecified atom stereocenters. The largest absolute Gasteiger partial charge is 0.486 e. The number of hydrogen-bond donors (Lipinski definition) is 4. The lowest BCUT2D eigenvalue weighted by atomic mass is 10.2. The van der Waals surface area contributed by atoms with Gasteiger partial charge < -0.3 is 15.5 Å². The van der Waals surface area contributed by atoms with Crippen molar-refractivity contribution in [3.05, 3.63) is 29.8 Å². The molecule has 14 heavy (non-hydrogen) atoms. The lowest BCUT2D eigenvalue weighted by molar-refractivity contribution is 0.121. The summed E-state index contributed by atoms with van der Waals surface area (Å²) in [5, 5.41) is 0. The van der Waals surface area contributed by atoms with Crippen LogP contribution in [-0.2, 0) is 15.7 Å². The van der Waals surface area contributed by atoms with Crippen LogP contribution in [0.5, 0.6) is 0 Å². The fourth-order valence-electron chi connectivity index (χ4n) is 0.903. The Kier molecular flexibility index (Phi) is 3.62. The Morgan fingerprint density at radius 1 is 1.50 bits per heavy atom. The summed E-state index contributed by atoms with van der Waals surface area (Å²) >= 11 is 0. The molecular formula is C7H11N2O4P. The van der Waals surface area contributed by atoms with E-state index >= 15 is 0 Å². The molecule has 0 aliphatic heterocycles. The van der Waals surface area contributed by atoms with Crippen LogP contribution in [0.15, 0.2) is 24.3 Å². The third kappa shape index (κ3) is 4.36. The first kappa shape index (κ1) is 11.2. The Hall–Kier alpha value is -0.910. The molecule has 0 amide bonds. The van der Waals surface area contributed by atoms with Gasteiger partial charge in [-0.15, -0.1) is 0 Å². The summed E-state index contributed by atoms with van der Waals surface area (Å²) < 4.78 is 14.3. The van der Waals surface area contributed by atoms with E-state index in [1.54, 1.807) is 24.3 Å². The van der Waals surface area contributed by atoms with Gasteiger partial charge >= 0.3 is 7.82 Å². The van der Waals surface area contributed by atoms with Crippen molar-refractivity contribution in [1.29, 1.82) is 0 Å². The first-order chi connectivity index (χ1) is 6.47. The number of nitrogen functional groups attached to an aromatic ring is 1. The van der Waals surface area contributed by atoms with Crippen LogP contribution < -0.4 is 11.2 Å². The lowest BCUT2D eigenvalue weighted by Gasteiger charge is -2.06. The third-order valence-electron chi connectivity index (χ3n) is 1.41. The van der Waals surface area contributed by atoms with E-state index in [0.717, 1.165) is 5.56 Å². The predicted molar refractivity (Wildman–Crippen MR) is 50.8 cm³/mol. The quantitative estimate of drug-likeness (QED) is 0.331. The molecule has 0 spiro atoms. The summed E-state index contributed by atoms with van der Waals surface area (Å²) in [7, 11) is -4.46. The van der Waals surface area contributed by atoms with Crippen molar-refractivity contribution >= 4 is 13.5 Å². The normalized spacial score (nSPS) is 11.6. The molecule has 0 atom stereocenters. The zero-order valence-corrected chi connectivity index (χ0v) is 8.15. The van der Waals surface area contributed by atoms with E-state index in [1.165, 1.54) is 0 Å². The van der Waals surface area contributed by atoms with Crippen molar-refractivity contribution in [3.63, 3.8) is 0 Å². The number of hydrogen-bond acceptors (Lipinski definition) is 4. The molecule has 6 nitrogen and oxygen atoms in total. The van der Waals surface area contributed by atoms with Crippen molar-refractivity contribution in [3.8, 4) is 0 Å². The summed E-state index contributed by atoms with van der Waals surface area (Å²) in [6.45, 7) is 0.177. The Morgan fingerprint density at radius 3 is 2.79 bits per heavy atom. The Bertz CT molecular complexity index is 351. The van der Waals surface area contributed by atoms with Gasteiger partial charge in [0.05, 0.1) is 0 Å². The molecule has 1 aromatic carbocycles. The van der Waals surface area contributed by atoms with Gasteiger partial charge in [-0.25, -0.2) is 4.57 Å². The van der Waals surface area contributed by atoms with Gasteiger partial charge in [-0.2, -0.15) is 10.1 Å². The van der Waals surface area contributed by atoms with E-state index in [4.69, 9.17) is 15.5 Å². The van der Waals surface area contributed by atoms with Crippen molar-refractivity contribution in [1.82, 2.24) is 5.48 Å². The molecular weight excluding hydrogens is 207 g/mol. The van der Waals surface area contributed by atoms with Crippen LogP contribution in [0.4, 0.5) is 5.69 Å². The van der Waals surface area contributed by atoms with Gasteiger partial charge in [-0.05, 0) is 17.7 Å². The molecule has 0 aliphatic carbocycles. The molecule has 0 heterocycles. The van der Waals surface area contributed by atoms with Crippen molar-refractivity contribution in [2.75, 3.05) is 5.73 Å².